The Bertz CT molecular complexity index is 1350. The Morgan fingerprint density at radius 3 is 1.33 bits per heavy atom. The SMILES string of the molecule is Cc1ccccc1N1CCN(c2ccccc2C)C1C(=Cc1ccccc1)[P+](C1CCCCC1)(C1CCCCC1)C1CCCCC1. The van der Waals surface area contributed by atoms with Crippen LogP contribution in [0.3, 0.4) is 0 Å². The van der Waals surface area contributed by atoms with Crippen LogP contribution in [-0.2, 0) is 0 Å². The van der Waals surface area contributed by atoms with E-state index in [1.165, 1.54) is 124 Å². The van der Waals surface area contributed by atoms with Gasteiger partial charge in [0.1, 0.15) is 5.31 Å². The van der Waals surface area contributed by atoms with Gasteiger partial charge in [-0.25, -0.2) is 0 Å². The molecule has 3 heteroatoms. The maximum absolute atomic E-state index is 2.87. The largest absolute Gasteiger partial charge is 0.343 e. The van der Waals surface area contributed by atoms with E-state index < -0.39 is 7.26 Å². The summed E-state index contributed by atoms with van der Waals surface area (Å²) in [6.07, 6.45) is 24.9. The second-order valence-corrected chi connectivity index (χ2v) is 19.4. The summed E-state index contributed by atoms with van der Waals surface area (Å²) in [5.74, 6) is 0. The van der Waals surface area contributed by atoms with Crippen molar-refractivity contribution in [1.82, 2.24) is 0 Å². The third-order valence-electron chi connectivity index (χ3n) is 12.4. The second kappa shape index (κ2) is 14.7. The highest BCUT2D eigenvalue weighted by atomic mass is 31.2. The van der Waals surface area contributed by atoms with E-state index >= 15 is 0 Å². The van der Waals surface area contributed by atoms with Gasteiger partial charge in [0.25, 0.3) is 0 Å². The van der Waals surface area contributed by atoms with Crippen LogP contribution in [0.2, 0.25) is 0 Å². The first-order valence-corrected chi connectivity index (χ1v) is 21.0. The summed E-state index contributed by atoms with van der Waals surface area (Å²) in [5, 5.41) is 1.88. The summed E-state index contributed by atoms with van der Waals surface area (Å²) in [6, 6.07) is 30.1. The lowest BCUT2D eigenvalue weighted by Crippen LogP contribution is -2.47. The highest BCUT2D eigenvalue weighted by molar-refractivity contribution is 7.82. The molecule has 0 atom stereocenters. The normalized spacial score (nSPS) is 21.7. The van der Waals surface area contributed by atoms with E-state index in [1.807, 2.05) is 5.31 Å². The first-order chi connectivity index (χ1) is 22.7. The zero-order valence-corrected chi connectivity index (χ0v) is 29.6. The molecular formula is C43H58N2P+. The lowest BCUT2D eigenvalue weighted by Gasteiger charge is -2.52. The van der Waals surface area contributed by atoms with E-state index in [-0.39, 0.29) is 6.17 Å². The molecule has 244 valence electrons. The fraction of sp³-hybridized carbons (Fsp3) is 0.535. The van der Waals surface area contributed by atoms with Crippen LogP contribution in [0, 0.1) is 13.8 Å². The molecule has 1 heterocycles. The summed E-state index contributed by atoms with van der Waals surface area (Å²) >= 11 is 0. The highest BCUT2D eigenvalue weighted by Gasteiger charge is 2.63. The quantitative estimate of drug-likeness (QED) is 0.228. The van der Waals surface area contributed by atoms with E-state index in [0.717, 1.165) is 30.1 Å². The number of benzene rings is 3. The van der Waals surface area contributed by atoms with Gasteiger partial charge in [-0.1, -0.05) is 86.0 Å². The Morgan fingerprint density at radius 1 is 0.522 bits per heavy atom. The average Bonchev–Trinajstić information content (AvgIpc) is 3.54. The van der Waals surface area contributed by atoms with Crippen LogP contribution in [-0.4, -0.2) is 36.2 Å². The third-order valence-corrected chi connectivity index (χ3v) is 18.8. The zero-order valence-electron chi connectivity index (χ0n) is 28.8. The molecule has 3 aromatic carbocycles. The molecule has 4 aliphatic rings. The lowest BCUT2D eigenvalue weighted by atomic mass is 9.98. The van der Waals surface area contributed by atoms with Gasteiger partial charge in [-0.2, -0.15) is 0 Å². The van der Waals surface area contributed by atoms with Crippen LogP contribution in [0.25, 0.3) is 6.08 Å². The van der Waals surface area contributed by atoms with Gasteiger partial charge >= 0.3 is 0 Å². The number of hydrogen-bond donors (Lipinski definition) is 0. The second-order valence-electron chi connectivity index (χ2n) is 15.0. The minimum absolute atomic E-state index is 0.265. The topological polar surface area (TPSA) is 6.48 Å². The highest BCUT2D eigenvalue weighted by Crippen LogP contribution is 2.83. The maximum atomic E-state index is 2.87. The van der Waals surface area contributed by atoms with E-state index in [0.29, 0.717) is 0 Å². The van der Waals surface area contributed by atoms with Crippen molar-refractivity contribution in [1.29, 1.82) is 0 Å². The summed E-state index contributed by atoms with van der Waals surface area (Å²) in [6.45, 7) is 6.84. The van der Waals surface area contributed by atoms with Crippen molar-refractivity contribution in [2.45, 2.75) is 133 Å². The molecule has 1 aliphatic heterocycles. The van der Waals surface area contributed by atoms with Gasteiger partial charge in [0, 0.05) is 24.5 Å². The minimum Gasteiger partial charge on any atom is -0.343 e. The molecule has 0 unspecified atom stereocenters. The molecule has 0 bridgehead atoms. The molecule has 4 fully saturated rings. The standard InChI is InChI=1S/C43H58N2P/c1-34-19-15-17-29-40(34)44-31-32-45(41-30-18-16-20-35(41)2)43(44)42(33-36-21-7-3-8-22-36)46(37-23-9-4-10-24-37,38-25-11-5-12-26-38)39-27-13-6-14-28-39/h3,7-8,15-22,29-30,33,37-39,43H,4-6,9-14,23-28,31-32H2,1-2H3/q+1. The molecule has 0 radical (unpaired) electrons. The number of nitrogens with zero attached hydrogens (tertiary/aromatic N) is 2. The van der Waals surface area contributed by atoms with Crippen LogP contribution in [0.1, 0.15) is 113 Å². The fourth-order valence-corrected chi connectivity index (χ4v) is 18.1. The maximum Gasteiger partial charge on any atom is 0.161 e. The number of rotatable bonds is 8. The van der Waals surface area contributed by atoms with Gasteiger partial charge in [0.2, 0.25) is 0 Å². The van der Waals surface area contributed by atoms with Crippen molar-refractivity contribution in [3.8, 4) is 0 Å². The zero-order chi connectivity index (χ0) is 31.3. The van der Waals surface area contributed by atoms with Gasteiger partial charge in [-0.05, 0) is 126 Å². The lowest BCUT2D eigenvalue weighted by molar-refractivity contribution is 0.452. The van der Waals surface area contributed by atoms with Crippen molar-refractivity contribution in [3.05, 3.63) is 101 Å². The average molecular weight is 634 g/mol. The molecule has 0 N–H and O–H groups in total. The van der Waals surface area contributed by atoms with Crippen molar-refractivity contribution < 1.29 is 0 Å². The van der Waals surface area contributed by atoms with E-state index in [2.05, 4.69) is 109 Å². The Kier molecular flexibility index (Phi) is 10.2. The van der Waals surface area contributed by atoms with Crippen LogP contribution in [0.15, 0.2) is 84.2 Å². The van der Waals surface area contributed by atoms with Crippen LogP contribution in [0.4, 0.5) is 11.4 Å². The van der Waals surface area contributed by atoms with Gasteiger partial charge in [0.05, 0.1) is 24.2 Å². The predicted octanol–water partition coefficient (Wildman–Crippen LogP) is 12.0. The molecule has 3 saturated carbocycles. The fourth-order valence-electron chi connectivity index (χ4n) is 10.4. The van der Waals surface area contributed by atoms with Crippen molar-refractivity contribution in [2.24, 2.45) is 0 Å². The number of hydrogen-bond acceptors (Lipinski definition) is 2. The number of anilines is 2. The minimum atomic E-state index is -1.62. The summed E-state index contributed by atoms with van der Waals surface area (Å²) in [7, 11) is -1.62. The van der Waals surface area contributed by atoms with E-state index in [4.69, 9.17) is 0 Å². The Morgan fingerprint density at radius 2 is 0.913 bits per heavy atom. The van der Waals surface area contributed by atoms with Crippen LogP contribution >= 0.6 is 7.26 Å². The molecule has 7 rings (SSSR count). The van der Waals surface area contributed by atoms with Gasteiger partial charge in [0.15, 0.2) is 6.17 Å². The molecule has 3 aromatic rings. The molecule has 0 amide bonds. The van der Waals surface area contributed by atoms with Crippen molar-refractivity contribution in [2.75, 3.05) is 22.9 Å². The first-order valence-electron chi connectivity index (χ1n) is 19.0. The van der Waals surface area contributed by atoms with Crippen LogP contribution < -0.4 is 9.80 Å². The van der Waals surface area contributed by atoms with Crippen LogP contribution in [0.5, 0.6) is 0 Å². The van der Waals surface area contributed by atoms with Gasteiger partial charge in [-0.3, -0.25) is 0 Å². The van der Waals surface area contributed by atoms with E-state index in [9.17, 15) is 0 Å². The van der Waals surface area contributed by atoms with Gasteiger partial charge < -0.3 is 9.80 Å². The molecular weight excluding hydrogens is 575 g/mol. The third kappa shape index (κ3) is 6.21. The monoisotopic (exact) mass is 633 g/mol. The molecule has 46 heavy (non-hydrogen) atoms. The van der Waals surface area contributed by atoms with Crippen molar-refractivity contribution in [3.63, 3.8) is 0 Å². The molecule has 0 spiro atoms. The van der Waals surface area contributed by atoms with Gasteiger partial charge in [-0.15, -0.1) is 0 Å². The van der Waals surface area contributed by atoms with E-state index in [1.54, 1.807) is 0 Å². The predicted molar refractivity (Wildman–Crippen MR) is 203 cm³/mol. The molecule has 2 nitrogen and oxygen atoms in total. The number of para-hydroxylation sites is 2. The van der Waals surface area contributed by atoms with Crippen molar-refractivity contribution >= 4 is 24.7 Å². The molecule has 3 aliphatic carbocycles. The Hall–Kier alpha value is -2.57. The Labute approximate surface area is 281 Å². The number of aryl methyl sites for hydroxylation is 2. The summed E-state index contributed by atoms with van der Waals surface area (Å²) in [4.78, 5) is 5.75. The molecule has 0 aromatic heterocycles. The summed E-state index contributed by atoms with van der Waals surface area (Å²) < 4.78 is 0. The smallest absolute Gasteiger partial charge is 0.161 e. The summed E-state index contributed by atoms with van der Waals surface area (Å²) in [5.41, 5.74) is 9.80. The Balaban J connectivity index is 1.52. The first kappa shape index (κ1) is 32.0. The molecule has 1 saturated heterocycles.